The molecular formula is C19H16ClNO5. The zero-order valence-corrected chi connectivity index (χ0v) is 14.7. The summed E-state index contributed by atoms with van der Waals surface area (Å²) in [5, 5.41) is 12.6. The van der Waals surface area contributed by atoms with Crippen molar-refractivity contribution in [3.63, 3.8) is 0 Å². The van der Waals surface area contributed by atoms with Crippen molar-refractivity contribution in [2.75, 3.05) is 18.5 Å². The molecule has 26 heavy (non-hydrogen) atoms. The first-order chi connectivity index (χ1) is 12.5. The van der Waals surface area contributed by atoms with Gasteiger partial charge in [-0.05, 0) is 48.9 Å². The fourth-order valence-electron chi connectivity index (χ4n) is 2.46. The zero-order chi connectivity index (χ0) is 18.7. The summed E-state index contributed by atoms with van der Waals surface area (Å²) in [6.07, 6.45) is 2.95. The number of ketones is 1. The molecule has 7 heteroatoms. The third kappa shape index (κ3) is 3.81. The predicted octanol–water partition coefficient (Wildman–Crippen LogP) is 3.67. The molecule has 0 unspecified atom stereocenters. The van der Waals surface area contributed by atoms with Crippen LogP contribution >= 0.6 is 11.6 Å². The van der Waals surface area contributed by atoms with Gasteiger partial charge in [-0.2, -0.15) is 0 Å². The predicted molar refractivity (Wildman–Crippen MR) is 98.2 cm³/mol. The van der Waals surface area contributed by atoms with Crippen LogP contribution in [0.1, 0.15) is 22.8 Å². The van der Waals surface area contributed by atoms with Gasteiger partial charge >= 0.3 is 0 Å². The highest BCUT2D eigenvalue weighted by atomic mass is 35.5. The van der Waals surface area contributed by atoms with Crippen LogP contribution in [0.5, 0.6) is 17.2 Å². The van der Waals surface area contributed by atoms with E-state index in [1.807, 2.05) is 0 Å². The summed E-state index contributed by atoms with van der Waals surface area (Å²) in [6.45, 7) is 2.13. The first-order valence-corrected chi connectivity index (χ1v) is 8.30. The minimum atomic E-state index is -0.264. The van der Waals surface area contributed by atoms with Crippen molar-refractivity contribution < 1.29 is 24.2 Å². The largest absolute Gasteiger partial charge is 0.503 e. The van der Waals surface area contributed by atoms with Gasteiger partial charge in [0.15, 0.2) is 23.9 Å². The number of carbonyl (C=O) groups excluding carboxylic acids is 2. The van der Waals surface area contributed by atoms with Crippen LogP contribution in [0.2, 0.25) is 5.02 Å². The molecule has 1 amide bonds. The lowest BCUT2D eigenvalue weighted by atomic mass is 10.1. The Balaban J connectivity index is 1.82. The van der Waals surface area contributed by atoms with Crippen molar-refractivity contribution in [2.24, 2.45) is 0 Å². The quantitative estimate of drug-likeness (QED) is 0.617. The molecule has 0 atom stereocenters. The van der Waals surface area contributed by atoms with Gasteiger partial charge in [0.1, 0.15) is 5.75 Å². The van der Waals surface area contributed by atoms with Crippen molar-refractivity contribution in [3.8, 4) is 17.2 Å². The van der Waals surface area contributed by atoms with Gasteiger partial charge in [-0.3, -0.25) is 9.59 Å². The molecule has 0 aliphatic carbocycles. The number of rotatable bonds is 5. The lowest BCUT2D eigenvalue weighted by Crippen LogP contribution is -2.25. The average Bonchev–Trinajstić information content (AvgIpc) is 2.63. The van der Waals surface area contributed by atoms with Crippen molar-refractivity contribution in [1.29, 1.82) is 0 Å². The van der Waals surface area contributed by atoms with Gasteiger partial charge < -0.3 is 19.9 Å². The van der Waals surface area contributed by atoms with E-state index in [4.69, 9.17) is 21.1 Å². The number of carbonyl (C=O) groups is 2. The summed E-state index contributed by atoms with van der Waals surface area (Å²) < 4.78 is 10.6. The highest BCUT2D eigenvalue weighted by Crippen LogP contribution is 2.35. The lowest BCUT2D eigenvalue weighted by Gasteiger charge is -2.17. The molecule has 0 saturated carbocycles. The first-order valence-electron chi connectivity index (χ1n) is 7.92. The van der Waals surface area contributed by atoms with Crippen LogP contribution in [0.4, 0.5) is 5.69 Å². The Labute approximate surface area is 155 Å². The molecular weight excluding hydrogens is 358 g/mol. The Morgan fingerprint density at radius 2 is 2.19 bits per heavy atom. The van der Waals surface area contributed by atoms with Gasteiger partial charge in [0.05, 0.1) is 17.3 Å². The number of amides is 1. The molecule has 0 bridgehead atoms. The first kappa shape index (κ1) is 17.8. The van der Waals surface area contributed by atoms with Gasteiger partial charge in [0.2, 0.25) is 0 Å². The Morgan fingerprint density at radius 1 is 1.38 bits per heavy atom. The van der Waals surface area contributed by atoms with Crippen LogP contribution in [0.3, 0.4) is 0 Å². The van der Waals surface area contributed by atoms with E-state index in [1.54, 1.807) is 37.3 Å². The van der Waals surface area contributed by atoms with Gasteiger partial charge in [0, 0.05) is 5.56 Å². The summed E-state index contributed by atoms with van der Waals surface area (Å²) >= 11 is 5.98. The third-order valence-corrected chi connectivity index (χ3v) is 3.96. The number of hydrogen-bond acceptors (Lipinski definition) is 5. The van der Waals surface area contributed by atoms with Crippen LogP contribution in [-0.2, 0) is 4.79 Å². The molecule has 2 aromatic carbocycles. The second-order valence-corrected chi connectivity index (χ2v) is 5.94. The van der Waals surface area contributed by atoms with E-state index in [9.17, 15) is 14.7 Å². The van der Waals surface area contributed by atoms with E-state index in [2.05, 4.69) is 5.32 Å². The normalized spacial score (nSPS) is 13.1. The number of benzene rings is 2. The Morgan fingerprint density at radius 3 is 2.96 bits per heavy atom. The maximum absolute atomic E-state index is 12.4. The molecule has 2 aromatic rings. The van der Waals surface area contributed by atoms with Gasteiger partial charge in [0.25, 0.3) is 5.91 Å². The van der Waals surface area contributed by atoms with E-state index in [0.29, 0.717) is 29.2 Å². The molecule has 0 aromatic heterocycles. The number of hydrogen-bond donors (Lipinski definition) is 2. The molecule has 1 aliphatic heterocycles. The van der Waals surface area contributed by atoms with Gasteiger partial charge in [-0.15, -0.1) is 0 Å². The number of nitrogens with one attached hydrogen (secondary N) is 1. The minimum absolute atomic E-state index is 0.0377. The monoisotopic (exact) mass is 373 g/mol. The molecule has 2 N–H and O–H groups in total. The fourth-order valence-corrected chi connectivity index (χ4v) is 2.68. The molecule has 134 valence electrons. The SMILES string of the molecule is CCOc1cc(/C=C/C(=O)c2ccc3c(c2)NC(=O)CO3)cc(Cl)c1O. The van der Waals surface area contributed by atoms with Crippen LogP contribution in [0.15, 0.2) is 36.4 Å². The van der Waals surface area contributed by atoms with Crippen LogP contribution in [0, 0.1) is 0 Å². The molecule has 6 nitrogen and oxygen atoms in total. The van der Waals surface area contributed by atoms with Crippen LogP contribution < -0.4 is 14.8 Å². The number of fused-ring (bicyclic) bond motifs is 1. The van der Waals surface area contributed by atoms with E-state index < -0.39 is 0 Å². The highest BCUT2D eigenvalue weighted by molar-refractivity contribution is 6.32. The van der Waals surface area contributed by atoms with Crippen molar-refractivity contribution in [3.05, 3.63) is 52.6 Å². The number of allylic oxidation sites excluding steroid dienone is 1. The zero-order valence-electron chi connectivity index (χ0n) is 13.9. The molecule has 0 spiro atoms. The molecule has 0 saturated heterocycles. The Kier molecular flexibility index (Phi) is 5.14. The summed E-state index contributed by atoms with van der Waals surface area (Å²) in [7, 11) is 0. The number of phenolic OH excluding ortho intramolecular Hbond substituents is 1. The van der Waals surface area contributed by atoms with Crippen molar-refractivity contribution in [2.45, 2.75) is 6.92 Å². The van der Waals surface area contributed by atoms with E-state index >= 15 is 0 Å². The molecule has 0 fully saturated rings. The summed E-state index contributed by atoms with van der Waals surface area (Å²) in [5.74, 6) is 0.120. The second kappa shape index (κ2) is 7.49. The van der Waals surface area contributed by atoms with Crippen LogP contribution in [0.25, 0.3) is 6.08 Å². The summed E-state index contributed by atoms with van der Waals surface area (Å²) in [6, 6.07) is 7.95. The average molecular weight is 374 g/mol. The Hall–Kier alpha value is -2.99. The van der Waals surface area contributed by atoms with Crippen molar-refractivity contribution >= 4 is 35.1 Å². The van der Waals surface area contributed by atoms with Gasteiger partial charge in [-0.1, -0.05) is 17.7 Å². The lowest BCUT2D eigenvalue weighted by molar-refractivity contribution is -0.118. The molecule has 1 heterocycles. The number of halogens is 1. The maximum atomic E-state index is 12.4. The standard InChI is InChI=1S/C19H16ClNO5/c1-2-25-17-8-11(7-13(20)19(17)24)3-5-15(22)12-4-6-16-14(9-12)21-18(23)10-26-16/h3-9,24H,2,10H2,1H3,(H,21,23)/b5-3+. The topological polar surface area (TPSA) is 84.9 Å². The highest BCUT2D eigenvalue weighted by Gasteiger charge is 2.17. The number of anilines is 1. The smallest absolute Gasteiger partial charge is 0.262 e. The molecule has 3 rings (SSSR count). The maximum Gasteiger partial charge on any atom is 0.262 e. The summed E-state index contributed by atoms with van der Waals surface area (Å²) in [4.78, 5) is 23.8. The molecule has 1 aliphatic rings. The van der Waals surface area contributed by atoms with Crippen LogP contribution in [-0.4, -0.2) is 30.0 Å². The number of ether oxygens (including phenoxy) is 2. The van der Waals surface area contributed by atoms with E-state index in [-0.39, 0.29) is 34.8 Å². The number of phenols is 1. The van der Waals surface area contributed by atoms with E-state index in [1.165, 1.54) is 12.1 Å². The van der Waals surface area contributed by atoms with Gasteiger partial charge in [-0.25, -0.2) is 0 Å². The minimum Gasteiger partial charge on any atom is -0.503 e. The molecule has 0 radical (unpaired) electrons. The fraction of sp³-hybridized carbons (Fsp3) is 0.158. The van der Waals surface area contributed by atoms with E-state index in [0.717, 1.165) is 0 Å². The Bertz CT molecular complexity index is 907. The summed E-state index contributed by atoms with van der Waals surface area (Å²) in [5.41, 5.74) is 1.48. The third-order valence-electron chi connectivity index (χ3n) is 3.67. The number of aromatic hydroxyl groups is 1. The second-order valence-electron chi connectivity index (χ2n) is 5.53. The van der Waals surface area contributed by atoms with Crippen molar-refractivity contribution in [1.82, 2.24) is 0 Å².